The van der Waals surface area contributed by atoms with Crippen molar-refractivity contribution in [2.45, 2.75) is 6.92 Å². The van der Waals surface area contributed by atoms with Crippen molar-refractivity contribution in [2.75, 3.05) is 12.3 Å². The molecular formula is C8H9N5O2. The van der Waals surface area contributed by atoms with Gasteiger partial charge in [-0.05, 0) is 6.92 Å². The van der Waals surface area contributed by atoms with E-state index in [1.807, 2.05) is 0 Å². The molecule has 0 bridgehead atoms. The van der Waals surface area contributed by atoms with Crippen LogP contribution in [0, 0.1) is 0 Å². The highest BCUT2D eigenvalue weighted by molar-refractivity contribution is 6.04. The van der Waals surface area contributed by atoms with Crippen LogP contribution >= 0.6 is 0 Å². The fourth-order valence-electron chi connectivity index (χ4n) is 1.23. The van der Waals surface area contributed by atoms with Crippen molar-refractivity contribution < 1.29 is 9.53 Å². The lowest BCUT2D eigenvalue weighted by Gasteiger charge is -1.99. The molecule has 0 saturated carbocycles. The van der Waals surface area contributed by atoms with Crippen LogP contribution in [0.5, 0.6) is 0 Å². The average Bonchev–Trinajstić information content (AvgIpc) is 2.63. The maximum atomic E-state index is 11.5. The van der Waals surface area contributed by atoms with E-state index in [0.717, 1.165) is 0 Å². The predicted molar refractivity (Wildman–Crippen MR) is 52.1 cm³/mol. The van der Waals surface area contributed by atoms with E-state index < -0.39 is 5.97 Å². The zero-order valence-corrected chi connectivity index (χ0v) is 8.02. The second-order valence-electron chi connectivity index (χ2n) is 2.78. The highest BCUT2D eigenvalue weighted by Crippen LogP contribution is 2.18. The SMILES string of the molecule is CCOC(=O)c1[nH]nc2ncnc(N)c12. The third-order valence-corrected chi connectivity index (χ3v) is 1.86. The number of aromatic nitrogens is 4. The van der Waals surface area contributed by atoms with Crippen LogP contribution in [0.15, 0.2) is 6.33 Å². The summed E-state index contributed by atoms with van der Waals surface area (Å²) in [6.07, 6.45) is 1.29. The average molecular weight is 207 g/mol. The number of H-pyrrole nitrogens is 1. The molecule has 15 heavy (non-hydrogen) atoms. The topological polar surface area (TPSA) is 107 Å². The van der Waals surface area contributed by atoms with Crippen LogP contribution in [-0.4, -0.2) is 32.7 Å². The first-order valence-electron chi connectivity index (χ1n) is 4.35. The van der Waals surface area contributed by atoms with Crippen LogP contribution in [0.25, 0.3) is 11.0 Å². The quantitative estimate of drug-likeness (QED) is 0.677. The number of nitrogens with two attached hydrogens (primary N) is 1. The first-order chi connectivity index (χ1) is 7.24. The number of nitrogens with zero attached hydrogens (tertiary/aromatic N) is 3. The molecule has 78 valence electrons. The van der Waals surface area contributed by atoms with Gasteiger partial charge in [0.1, 0.15) is 12.1 Å². The zero-order valence-electron chi connectivity index (χ0n) is 8.02. The maximum absolute atomic E-state index is 11.5. The van der Waals surface area contributed by atoms with Crippen molar-refractivity contribution in [3.8, 4) is 0 Å². The van der Waals surface area contributed by atoms with E-state index in [2.05, 4.69) is 20.2 Å². The van der Waals surface area contributed by atoms with Crippen molar-refractivity contribution in [1.29, 1.82) is 0 Å². The summed E-state index contributed by atoms with van der Waals surface area (Å²) in [5, 5.41) is 6.76. The molecule has 2 aromatic rings. The Morgan fingerprint density at radius 3 is 3.13 bits per heavy atom. The number of carbonyl (C=O) groups is 1. The second-order valence-corrected chi connectivity index (χ2v) is 2.78. The third kappa shape index (κ3) is 1.47. The monoisotopic (exact) mass is 207 g/mol. The Labute approximate surface area is 84.7 Å². The van der Waals surface area contributed by atoms with Gasteiger partial charge in [0.2, 0.25) is 0 Å². The van der Waals surface area contributed by atoms with Crippen LogP contribution in [0.4, 0.5) is 5.82 Å². The van der Waals surface area contributed by atoms with Gasteiger partial charge in [0.25, 0.3) is 0 Å². The molecule has 0 amide bonds. The Hall–Kier alpha value is -2.18. The molecule has 2 heterocycles. The van der Waals surface area contributed by atoms with Gasteiger partial charge in [-0.3, -0.25) is 5.10 Å². The van der Waals surface area contributed by atoms with Gasteiger partial charge >= 0.3 is 5.97 Å². The van der Waals surface area contributed by atoms with Crippen molar-refractivity contribution in [3.05, 3.63) is 12.0 Å². The van der Waals surface area contributed by atoms with E-state index in [1.165, 1.54) is 6.33 Å². The smallest absolute Gasteiger partial charge is 0.357 e. The molecule has 2 rings (SSSR count). The lowest BCUT2D eigenvalue weighted by atomic mass is 10.3. The van der Waals surface area contributed by atoms with Gasteiger partial charge in [0.05, 0.1) is 12.0 Å². The van der Waals surface area contributed by atoms with Crippen molar-refractivity contribution in [1.82, 2.24) is 20.2 Å². The molecule has 0 aliphatic carbocycles. The highest BCUT2D eigenvalue weighted by Gasteiger charge is 2.17. The third-order valence-electron chi connectivity index (χ3n) is 1.86. The van der Waals surface area contributed by atoms with E-state index in [-0.39, 0.29) is 18.1 Å². The number of hydrogen-bond donors (Lipinski definition) is 2. The minimum Gasteiger partial charge on any atom is -0.461 e. The molecule has 0 unspecified atom stereocenters. The molecule has 0 saturated heterocycles. The van der Waals surface area contributed by atoms with Crippen LogP contribution in [0.1, 0.15) is 17.4 Å². The van der Waals surface area contributed by atoms with Gasteiger partial charge < -0.3 is 10.5 Å². The normalized spacial score (nSPS) is 10.5. The molecule has 7 heteroatoms. The van der Waals surface area contributed by atoms with Gasteiger partial charge in [-0.1, -0.05) is 0 Å². The van der Waals surface area contributed by atoms with Crippen LogP contribution in [0.2, 0.25) is 0 Å². The van der Waals surface area contributed by atoms with Gasteiger partial charge in [0.15, 0.2) is 11.3 Å². The Bertz CT molecular complexity index is 507. The number of ether oxygens (including phenoxy) is 1. The number of hydrogen-bond acceptors (Lipinski definition) is 6. The van der Waals surface area contributed by atoms with Crippen LogP contribution in [0.3, 0.4) is 0 Å². The van der Waals surface area contributed by atoms with E-state index >= 15 is 0 Å². The fraction of sp³-hybridized carbons (Fsp3) is 0.250. The minimum atomic E-state index is -0.512. The molecule has 2 aromatic heterocycles. The zero-order chi connectivity index (χ0) is 10.8. The Kier molecular flexibility index (Phi) is 2.20. The predicted octanol–water partition coefficient (Wildman–Crippen LogP) is 0.112. The summed E-state index contributed by atoms with van der Waals surface area (Å²) < 4.78 is 4.83. The van der Waals surface area contributed by atoms with Crippen molar-refractivity contribution in [2.24, 2.45) is 0 Å². The summed E-state index contributed by atoms with van der Waals surface area (Å²) in [6, 6.07) is 0. The number of nitrogens with one attached hydrogen (secondary N) is 1. The van der Waals surface area contributed by atoms with Gasteiger partial charge in [0, 0.05) is 0 Å². The Morgan fingerprint density at radius 2 is 2.40 bits per heavy atom. The molecule has 3 N–H and O–H groups in total. The number of aromatic amines is 1. The first kappa shape index (κ1) is 9.38. The number of rotatable bonds is 2. The van der Waals surface area contributed by atoms with Gasteiger partial charge in [-0.2, -0.15) is 5.10 Å². The van der Waals surface area contributed by atoms with E-state index in [9.17, 15) is 4.79 Å². The summed E-state index contributed by atoms with van der Waals surface area (Å²) in [6.45, 7) is 2.00. The Balaban J connectivity index is 2.57. The van der Waals surface area contributed by atoms with Gasteiger partial charge in [-0.25, -0.2) is 14.8 Å². The van der Waals surface area contributed by atoms with E-state index in [0.29, 0.717) is 11.0 Å². The van der Waals surface area contributed by atoms with Crippen LogP contribution < -0.4 is 5.73 Å². The van der Waals surface area contributed by atoms with Crippen molar-refractivity contribution in [3.63, 3.8) is 0 Å². The number of nitrogen functional groups attached to an aromatic ring is 1. The number of anilines is 1. The molecule has 0 fully saturated rings. The largest absolute Gasteiger partial charge is 0.461 e. The number of esters is 1. The second kappa shape index (κ2) is 3.52. The molecule has 0 aromatic carbocycles. The molecule has 0 aliphatic rings. The van der Waals surface area contributed by atoms with Crippen molar-refractivity contribution >= 4 is 22.8 Å². The summed E-state index contributed by atoms with van der Waals surface area (Å²) in [4.78, 5) is 19.1. The number of carbonyl (C=O) groups excluding carboxylic acids is 1. The first-order valence-corrected chi connectivity index (χ1v) is 4.35. The molecular weight excluding hydrogens is 198 g/mol. The molecule has 0 spiro atoms. The molecule has 0 atom stereocenters. The summed E-state index contributed by atoms with van der Waals surface area (Å²) in [5.74, 6) is -0.307. The standard InChI is InChI=1S/C8H9N5O2/c1-2-15-8(14)5-4-6(9)10-3-11-7(4)13-12-5/h3H,2H2,1H3,(H3,9,10,11,12,13). The fourth-order valence-corrected chi connectivity index (χ4v) is 1.23. The lowest BCUT2D eigenvalue weighted by molar-refractivity contribution is 0.0521. The minimum absolute atomic E-state index is 0.185. The molecule has 7 nitrogen and oxygen atoms in total. The Morgan fingerprint density at radius 1 is 1.60 bits per heavy atom. The van der Waals surface area contributed by atoms with E-state index in [4.69, 9.17) is 10.5 Å². The summed E-state index contributed by atoms with van der Waals surface area (Å²) in [5.41, 5.74) is 6.15. The maximum Gasteiger partial charge on any atom is 0.357 e. The summed E-state index contributed by atoms with van der Waals surface area (Å²) in [7, 11) is 0. The summed E-state index contributed by atoms with van der Waals surface area (Å²) >= 11 is 0. The number of fused-ring (bicyclic) bond motifs is 1. The lowest BCUT2D eigenvalue weighted by Crippen LogP contribution is -2.06. The molecule has 0 aliphatic heterocycles. The molecule has 0 radical (unpaired) electrons. The van der Waals surface area contributed by atoms with E-state index in [1.54, 1.807) is 6.92 Å². The van der Waals surface area contributed by atoms with Crippen LogP contribution in [-0.2, 0) is 4.74 Å². The highest BCUT2D eigenvalue weighted by atomic mass is 16.5. The van der Waals surface area contributed by atoms with Gasteiger partial charge in [-0.15, -0.1) is 0 Å².